The van der Waals surface area contributed by atoms with Crippen molar-refractivity contribution in [3.05, 3.63) is 65.7 Å². The molecule has 2 aromatic carbocycles. The van der Waals surface area contributed by atoms with Crippen LogP contribution in [0.15, 0.2) is 54.6 Å². The molecular weight excluding hydrogens is 336 g/mol. The van der Waals surface area contributed by atoms with Crippen LogP contribution in [0.25, 0.3) is 0 Å². The Labute approximate surface area is 154 Å². The number of carbonyl (C=O) groups is 1. The van der Waals surface area contributed by atoms with Gasteiger partial charge in [-0.3, -0.25) is 4.79 Å². The van der Waals surface area contributed by atoms with Crippen molar-refractivity contribution >= 4 is 18.3 Å². The van der Waals surface area contributed by atoms with Gasteiger partial charge in [-0.2, -0.15) is 0 Å². The molecule has 132 valence electrons. The number of benzene rings is 2. The summed E-state index contributed by atoms with van der Waals surface area (Å²) in [6.07, 6.45) is 1.09. The van der Waals surface area contributed by atoms with Crippen molar-refractivity contribution in [2.75, 3.05) is 19.6 Å². The van der Waals surface area contributed by atoms with Gasteiger partial charge in [0.2, 0.25) is 0 Å². The molecule has 0 spiro atoms. The third kappa shape index (κ3) is 3.65. The zero-order chi connectivity index (χ0) is 16.4. The molecule has 2 heterocycles. The van der Waals surface area contributed by atoms with E-state index in [-0.39, 0.29) is 18.3 Å². The van der Waals surface area contributed by atoms with Gasteiger partial charge in [-0.1, -0.05) is 42.5 Å². The lowest BCUT2D eigenvalue weighted by Gasteiger charge is -2.24. The molecule has 2 aliphatic rings. The SMILES string of the molecule is Cl.O=C(c1ccccc1OCc1ccccc1)N1CC[C@H]2CNC[C@H]21. The standard InChI is InChI=1S/C20H22N2O2.ClH/c23-20(22-11-10-16-12-21-13-18(16)22)17-8-4-5-9-19(17)24-14-15-6-2-1-3-7-15;/h1-9,16,18,21H,10-14H2;1H/t16-,18+;/m0./s1. The Balaban J connectivity index is 0.00000182. The van der Waals surface area contributed by atoms with Crippen LogP contribution in [-0.2, 0) is 6.61 Å². The number of carbonyl (C=O) groups excluding carboxylic acids is 1. The van der Waals surface area contributed by atoms with Crippen LogP contribution in [0.5, 0.6) is 5.75 Å². The fourth-order valence-electron chi connectivity index (χ4n) is 3.76. The van der Waals surface area contributed by atoms with Crippen LogP contribution < -0.4 is 10.1 Å². The van der Waals surface area contributed by atoms with Crippen LogP contribution in [-0.4, -0.2) is 36.5 Å². The maximum Gasteiger partial charge on any atom is 0.257 e. The van der Waals surface area contributed by atoms with Gasteiger partial charge in [0.05, 0.1) is 5.56 Å². The number of nitrogens with zero attached hydrogens (tertiary/aromatic N) is 1. The van der Waals surface area contributed by atoms with Gasteiger partial charge in [0, 0.05) is 25.7 Å². The summed E-state index contributed by atoms with van der Waals surface area (Å²) < 4.78 is 5.95. The summed E-state index contributed by atoms with van der Waals surface area (Å²) >= 11 is 0. The summed E-state index contributed by atoms with van der Waals surface area (Å²) in [5, 5.41) is 3.40. The van der Waals surface area contributed by atoms with Crippen molar-refractivity contribution in [2.24, 2.45) is 5.92 Å². The molecule has 2 saturated heterocycles. The van der Waals surface area contributed by atoms with Crippen LogP contribution in [0, 0.1) is 5.92 Å². The molecule has 0 saturated carbocycles. The minimum Gasteiger partial charge on any atom is -0.488 e. The summed E-state index contributed by atoms with van der Waals surface area (Å²) in [7, 11) is 0. The van der Waals surface area contributed by atoms with Gasteiger partial charge in [0.1, 0.15) is 12.4 Å². The minimum absolute atomic E-state index is 0. The first-order valence-corrected chi connectivity index (χ1v) is 8.60. The molecule has 4 nitrogen and oxygen atoms in total. The Hall–Kier alpha value is -2.04. The first-order valence-electron chi connectivity index (χ1n) is 8.60. The van der Waals surface area contributed by atoms with E-state index in [1.54, 1.807) is 0 Å². The molecule has 1 amide bonds. The number of nitrogens with one attached hydrogen (secondary N) is 1. The number of hydrogen-bond acceptors (Lipinski definition) is 3. The molecule has 0 aromatic heterocycles. The number of para-hydroxylation sites is 1. The molecule has 2 aliphatic heterocycles. The highest BCUT2D eigenvalue weighted by Crippen LogP contribution is 2.30. The van der Waals surface area contributed by atoms with Crippen molar-refractivity contribution in [2.45, 2.75) is 19.1 Å². The van der Waals surface area contributed by atoms with Crippen molar-refractivity contribution in [3.8, 4) is 5.75 Å². The second-order valence-corrected chi connectivity index (χ2v) is 6.54. The molecule has 2 fully saturated rings. The Bertz CT molecular complexity index is 723. The quantitative estimate of drug-likeness (QED) is 0.913. The topological polar surface area (TPSA) is 41.6 Å². The molecule has 25 heavy (non-hydrogen) atoms. The molecule has 0 radical (unpaired) electrons. The molecular formula is C20H23ClN2O2. The average Bonchev–Trinajstić information content (AvgIpc) is 3.24. The molecule has 5 heteroatoms. The zero-order valence-corrected chi connectivity index (χ0v) is 14.9. The third-order valence-electron chi connectivity index (χ3n) is 5.06. The van der Waals surface area contributed by atoms with E-state index < -0.39 is 0 Å². The van der Waals surface area contributed by atoms with Gasteiger partial charge < -0.3 is 15.0 Å². The van der Waals surface area contributed by atoms with E-state index >= 15 is 0 Å². The fraction of sp³-hybridized carbons (Fsp3) is 0.350. The summed E-state index contributed by atoms with van der Waals surface area (Å²) in [6, 6.07) is 17.9. The number of fused-ring (bicyclic) bond motifs is 1. The summed E-state index contributed by atoms with van der Waals surface area (Å²) in [6.45, 7) is 3.26. The van der Waals surface area contributed by atoms with Crippen molar-refractivity contribution in [1.82, 2.24) is 10.2 Å². The highest BCUT2D eigenvalue weighted by molar-refractivity contribution is 5.97. The van der Waals surface area contributed by atoms with Crippen LogP contribution in [0.4, 0.5) is 0 Å². The van der Waals surface area contributed by atoms with Crippen LogP contribution >= 0.6 is 12.4 Å². The number of hydrogen-bond donors (Lipinski definition) is 1. The smallest absolute Gasteiger partial charge is 0.257 e. The zero-order valence-electron chi connectivity index (χ0n) is 14.1. The normalized spacial score (nSPS) is 21.5. The van der Waals surface area contributed by atoms with E-state index in [1.165, 1.54) is 0 Å². The molecule has 0 aliphatic carbocycles. The van der Waals surface area contributed by atoms with Crippen LogP contribution in [0.1, 0.15) is 22.3 Å². The van der Waals surface area contributed by atoms with E-state index in [1.807, 2.05) is 59.5 Å². The van der Waals surface area contributed by atoms with Crippen molar-refractivity contribution < 1.29 is 9.53 Å². The summed E-state index contributed by atoms with van der Waals surface area (Å²) in [5.41, 5.74) is 1.77. The van der Waals surface area contributed by atoms with E-state index in [0.29, 0.717) is 29.9 Å². The third-order valence-corrected chi connectivity index (χ3v) is 5.06. The average molecular weight is 359 g/mol. The first-order chi connectivity index (χ1) is 11.8. The minimum atomic E-state index is 0. The van der Waals surface area contributed by atoms with Gasteiger partial charge in [-0.15, -0.1) is 12.4 Å². The fourth-order valence-corrected chi connectivity index (χ4v) is 3.76. The highest BCUT2D eigenvalue weighted by Gasteiger charge is 2.40. The van der Waals surface area contributed by atoms with Gasteiger partial charge in [0.25, 0.3) is 5.91 Å². The molecule has 4 rings (SSSR count). The predicted octanol–water partition coefficient (Wildman–Crippen LogP) is 3.12. The summed E-state index contributed by atoms with van der Waals surface area (Å²) in [5.74, 6) is 1.36. The van der Waals surface area contributed by atoms with E-state index in [4.69, 9.17) is 4.74 Å². The van der Waals surface area contributed by atoms with E-state index in [9.17, 15) is 4.79 Å². The van der Waals surface area contributed by atoms with Crippen LogP contribution in [0.3, 0.4) is 0 Å². The van der Waals surface area contributed by atoms with Gasteiger partial charge in [0.15, 0.2) is 0 Å². The molecule has 1 N–H and O–H groups in total. The lowest BCUT2D eigenvalue weighted by molar-refractivity contribution is 0.0732. The Morgan fingerprint density at radius 1 is 1.08 bits per heavy atom. The lowest BCUT2D eigenvalue weighted by atomic mass is 10.0. The Kier molecular flexibility index (Phi) is 5.61. The van der Waals surface area contributed by atoms with E-state index in [0.717, 1.165) is 31.6 Å². The Morgan fingerprint density at radius 2 is 1.84 bits per heavy atom. The van der Waals surface area contributed by atoms with Crippen molar-refractivity contribution in [3.63, 3.8) is 0 Å². The lowest BCUT2D eigenvalue weighted by Crippen LogP contribution is -2.39. The number of rotatable bonds is 4. The molecule has 0 unspecified atom stereocenters. The maximum absolute atomic E-state index is 13.0. The highest BCUT2D eigenvalue weighted by atomic mass is 35.5. The second-order valence-electron chi connectivity index (χ2n) is 6.54. The predicted molar refractivity (Wildman–Crippen MR) is 100 cm³/mol. The maximum atomic E-state index is 13.0. The van der Waals surface area contributed by atoms with E-state index in [2.05, 4.69) is 5.32 Å². The second kappa shape index (κ2) is 7.89. The van der Waals surface area contributed by atoms with Gasteiger partial charge in [-0.25, -0.2) is 0 Å². The number of amides is 1. The molecule has 2 aromatic rings. The number of ether oxygens (including phenoxy) is 1. The largest absolute Gasteiger partial charge is 0.488 e. The monoisotopic (exact) mass is 358 g/mol. The number of likely N-dealkylation sites (tertiary alicyclic amines) is 1. The van der Waals surface area contributed by atoms with Crippen molar-refractivity contribution in [1.29, 1.82) is 0 Å². The van der Waals surface area contributed by atoms with Gasteiger partial charge >= 0.3 is 0 Å². The number of halogens is 1. The summed E-state index contributed by atoms with van der Waals surface area (Å²) in [4.78, 5) is 15.1. The van der Waals surface area contributed by atoms with Crippen LogP contribution in [0.2, 0.25) is 0 Å². The molecule has 0 bridgehead atoms. The Morgan fingerprint density at radius 3 is 2.68 bits per heavy atom. The molecule has 2 atom stereocenters. The first kappa shape index (κ1) is 17.8. The van der Waals surface area contributed by atoms with Gasteiger partial charge in [-0.05, 0) is 30.0 Å².